The zero-order valence-corrected chi connectivity index (χ0v) is 14.4. The lowest BCUT2D eigenvalue weighted by Gasteiger charge is -2.12. The molecule has 0 aliphatic heterocycles. The van der Waals surface area contributed by atoms with E-state index >= 15 is 0 Å². The third-order valence-electron chi connectivity index (χ3n) is 3.30. The quantitative estimate of drug-likeness (QED) is 0.664. The number of nitrogens with one attached hydrogen (secondary N) is 1. The molecule has 0 atom stereocenters. The molecule has 0 unspecified atom stereocenters. The van der Waals surface area contributed by atoms with Crippen molar-refractivity contribution in [1.29, 1.82) is 0 Å². The molecule has 120 valence electrons. The molecule has 2 aromatic rings. The summed E-state index contributed by atoms with van der Waals surface area (Å²) < 4.78 is 5.94. The van der Waals surface area contributed by atoms with Gasteiger partial charge < -0.3 is 10.1 Å². The van der Waals surface area contributed by atoms with E-state index < -0.39 is 0 Å². The Morgan fingerprint density at radius 2 is 1.77 bits per heavy atom. The van der Waals surface area contributed by atoms with E-state index in [1.54, 1.807) is 0 Å². The number of unbranched alkanes of at least 4 members (excludes halogenated alkanes) is 1. The van der Waals surface area contributed by atoms with Crippen LogP contribution in [0.4, 0.5) is 0 Å². The van der Waals surface area contributed by atoms with Gasteiger partial charge in [-0.2, -0.15) is 0 Å². The summed E-state index contributed by atoms with van der Waals surface area (Å²) in [6, 6.07) is 15.9. The number of halogens is 2. The fraction of sp³-hybridized carbons (Fsp3) is 0.333. The molecule has 0 amide bonds. The van der Waals surface area contributed by atoms with Gasteiger partial charge in [0.1, 0.15) is 12.4 Å². The standard InChI is InChI=1S/C18H22ClNO.ClH/c1-2-3-12-20-13-16-6-4-5-7-18(16)21-14-15-8-10-17(19)11-9-15;/h4-11,20H,2-3,12-14H2,1H3;1H. The average Bonchev–Trinajstić information content (AvgIpc) is 2.52. The van der Waals surface area contributed by atoms with E-state index in [-0.39, 0.29) is 12.4 Å². The minimum absolute atomic E-state index is 0. The summed E-state index contributed by atoms with van der Waals surface area (Å²) in [6.07, 6.45) is 2.41. The van der Waals surface area contributed by atoms with Gasteiger partial charge in [0.2, 0.25) is 0 Å². The van der Waals surface area contributed by atoms with Crippen molar-refractivity contribution in [2.45, 2.75) is 32.9 Å². The molecular weight excluding hydrogens is 317 g/mol. The van der Waals surface area contributed by atoms with Crippen molar-refractivity contribution in [2.24, 2.45) is 0 Å². The first-order valence-electron chi connectivity index (χ1n) is 7.45. The summed E-state index contributed by atoms with van der Waals surface area (Å²) in [7, 11) is 0. The van der Waals surface area contributed by atoms with Gasteiger partial charge in [0.05, 0.1) is 0 Å². The van der Waals surface area contributed by atoms with Crippen LogP contribution in [0.3, 0.4) is 0 Å². The van der Waals surface area contributed by atoms with Crippen molar-refractivity contribution < 1.29 is 4.74 Å². The molecule has 0 saturated carbocycles. The maximum absolute atomic E-state index is 5.94. The van der Waals surface area contributed by atoms with Crippen molar-refractivity contribution in [3.63, 3.8) is 0 Å². The molecule has 0 aliphatic rings. The second kappa shape index (κ2) is 10.5. The van der Waals surface area contributed by atoms with Gasteiger partial charge in [-0.05, 0) is 36.7 Å². The van der Waals surface area contributed by atoms with Crippen molar-refractivity contribution >= 4 is 24.0 Å². The number of hydrogen-bond acceptors (Lipinski definition) is 2. The van der Waals surface area contributed by atoms with Crippen LogP contribution in [-0.2, 0) is 13.2 Å². The lowest BCUT2D eigenvalue weighted by atomic mass is 10.2. The van der Waals surface area contributed by atoms with Gasteiger partial charge in [-0.25, -0.2) is 0 Å². The van der Waals surface area contributed by atoms with Crippen LogP contribution in [0.1, 0.15) is 30.9 Å². The molecule has 1 N–H and O–H groups in total. The molecule has 0 heterocycles. The van der Waals surface area contributed by atoms with Crippen LogP contribution in [-0.4, -0.2) is 6.54 Å². The molecule has 2 aromatic carbocycles. The molecule has 0 aromatic heterocycles. The maximum atomic E-state index is 5.94. The summed E-state index contributed by atoms with van der Waals surface area (Å²) >= 11 is 5.89. The highest BCUT2D eigenvalue weighted by Crippen LogP contribution is 2.19. The molecule has 0 radical (unpaired) electrons. The molecule has 0 fully saturated rings. The highest BCUT2D eigenvalue weighted by Gasteiger charge is 2.03. The molecule has 0 bridgehead atoms. The zero-order valence-electron chi connectivity index (χ0n) is 12.8. The zero-order chi connectivity index (χ0) is 14.9. The first-order chi connectivity index (χ1) is 10.3. The summed E-state index contributed by atoms with van der Waals surface area (Å²) in [5.74, 6) is 0.941. The fourth-order valence-corrected chi connectivity index (χ4v) is 2.18. The lowest BCUT2D eigenvalue weighted by molar-refractivity contribution is 0.302. The molecule has 2 nitrogen and oxygen atoms in total. The third kappa shape index (κ3) is 6.27. The van der Waals surface area contributed by atoms with Crippen molar-refractivity contribution in [1.82, 2.24) is 5.32 Å². The SMILES string of the molecule is CCCCNCc1ccccc1OCc1ccc(Cl)cc1.Cl. The van der Waals surface area contributed by atoms with E-state index in [0.29, 0.717) is 6.61 Å². The number of ether oxygens (including phenoxy) is 1. The first-order valence-corrected chi connectivity index (χ1v) is 7.83. The van der Waals surface area contributed by atoms with Crippen LogP contribution < -0.4 is 10.1 Å². The van der Waals surface area contributed by atoms with Crippen LogP contribution in [0, 0.1) is 0 Å². The number of benzene rings is 2. The van der Waals surface area contributed by atoms with Crippen molar-refractivity contribution in [3.8, 4) is 5.75 Å². The highest BCUT2D eigenvalue weighted by atomic mass is 35.5. The van der Waals surface area contributed by atoms with Gasteiger partial charge in [0.25, 0.3) is 0 Å². The Morgan fingerprint density at radius 3 is 2.50 bits per heavy atom. The van der Waals surface area contributed by atoms with Crippen LogP contribution >= 0.6 is 24.0 Å². The fourth-order valence-electron chi connectivity index (χ4n) is 2.06. The maximum Gasteiger partial charge on any atom is 0.124 e. The third-order valence-corrected chi connectivity index (χ3v) is 3.55. The van der Waals surface area contributed by atoms with E-state index in [1.165, 1.54) is 18.4 Å². The molecule has 0 spiro atoms. The largest absolute Gasteiger partial charge is 0.489 e. The molecular formula is C18H23Cl2NO. The average molecular weight is 340 g/mol. The molecule has 22 heavy (non-hydrogen) atoms. The lowest BCUT2D eigenvalue weighted by Crippen LogP contribution is -2.15. The Labute approximate surface area is 144 Å². The van der Waals surface area contributed by atoms with E-state index in [1.807, 2.05) is 42.5 Å². The van der Waals surface area contributed by atoms with Gasteiger partial charge >= 0.3 is 0 Å². The Balaban J connectivity index is 0.00000242. The summed E-state index contributed by atoms with van der Waals surface area (Å²) in [5, 5.41) is 4.20. The van der Waals surface area contributed by atoms with Gasteiger partial charge in [-0.3, -0.25) is 0 Å². The number of rotatable bonds is 8. The highest BCUT2D eigenvalue weighted by molar-refractivity contribution is 6.30. The summed E-state index contributed by atoms with van der Waals surface area (Å²) in [5.41, 5.74) is 2.32. The van der Waals surface area contributed by atoms with Crippen LogP contribution in [0.25, 0.3) is 0 Å². The molecule has 0 aliphatic carbocycles. The number of para-hydroxylation sites is 1. The van der Waals surface area contributed by atoms with E-state index in [9.17, 15) is 0 Å². The second-order valence-electron chi connectivity index (χ2n) is 5.05. The Bertz CT molecular complexity index is 543. The molecule has 4 heteroatoms. The minimum Gasteiger partial charge on any atom is -0.489 e. The predicted molar refractivity (Wildman–Crippen MR) is 96.1 cm³/mol. The van der Waals surface area contributed by atoms with E-state index in [0.717, 1.165) is 29.4 Å². The minimum atomic E-state index is 0. The van der Waals surface area contributed by atoms with Gasteiger partial charge in [0.15, 0.2) is 0 Å². The number of hydrogen-bond donors (Lipinski definition) is 1. The first kappa shape index (κ1) is 18.8. The Kier molecular flexibility index (Phi) is 8.98. The monoisotopic (exact) mass is 339 g/mol. The summed E-state index contributed by atoms with van der Waals surface area (Å²) in [6.45, 7) is 4.65. The molecule has 2 rings (SSSR count). The smallest absolute Gasteiger partial charge is 0.124 e. The second-order valence-corrected chi connectivity index (χ2v) is 5.49. The summed E-state index contributed by atoms with van der Waals surface area (Å²) in [4.78, 5) is 0. The van der Waals surface area contributed by atoms with Crippen LogP contribution in [0.15, 0.2) is 48.5 Å². The van der Waals surface area contributed by atoms with Crippen LogP contribution in [0.5, 0.6) is 5.75 Å². The normalized spacial score (nSPS) is 10.1. The van der Waals surface area contributed by atoms with Gasteiger partial charge in [0, 0.05) is 17.1 Å². The van der Waals surface area contributed by atoms with E-state index in [2.05, 4.69) is 18.3 Å². The van der Waals surface area contributed by atoms with Gasteiger partial charge in [-0.1, -0.05) is 55.3 Å². The topological polar surface area (TPSA) is 21.3 Å². The van der Waals surface area contributed by atoms with Gasteiger partial charge in [-0.15, -0.1) is 12.4 Å². The Hall–Kier alpha value is -1.22. The van der Waals surface area contributed by atoms with E-state index in [4.69, 9.17) is 16.3 Å². The Morgan fingerprint density at radius 1 is 1.05 bits per heavy atom. The van der Waals surface area contributed by atoms with Crippen molar-refractivity contribution in [2.75, 3.05) is 6.54 Å². The van der Waals surface area contributed by atoms with Crippen LogP contribution in [0.2, 0.25) is 5.02 Å². The molecule has 0 saturated heterocycles. The predicted octanol–water partition coefficient (Wildman–Crippen LogP) is 5.23. The van der Waals surface area contributed by atoms with Crippen molar-refractivity contribution in [3.05, 3.63) is 64.7 Å².